The number of pyridine rings is 1. The minimum Gasteiger partial charge on any atom is -0.477 e. The summed E-state index contributed by atoms with van der Waals surface area (Å²) in [6, 6.07) is 12.9. The number of thioether (sulfide) groups is 1. The highest BCUT2D eigenvalue weighted by atomic mass is 32.2. The second-order valence-electron chi connectivity index (χ2n) is 4.24. The van der Waals surface area contributed by atoms with Gasteiger partial charge in [0.15, 0.2) is 0 Å². The third-order valence-electron chi connectivity index (χ3n) is 2.66. The summed E-state index contributed by atoms with van der Waals surface area (Å²) in [5.41, 5.74) is 2.63. The Labute approximate surface area is 121 Å². The zero-order valence-corrected chi connectivity index (χ0v) is 11.6. The van der Waals surface area contributed by atoms with Gasteiger partial charge in [-0.15, -0.1) is 11.8 Å². The Morgan fingerprint density at radius 2 is 2.20 bits per heavy atom. The Morgan fingerprint density at radius 3 is 2.85 bits per heavy atom. The van der Waals surface area contributed by atoms with Crippen LogP contribution in [0.1, 0.15) is 27.2 Å². The van der Waals surface area contributed by atoms with Gasteiger partial charge in [0.25, 0.3) is 0 Å². The quantitative estimate of drug-likeness (QED) is 0.872. The van der Waals surface area contributed by atoms with E-state index < -0.39 is 5.97 Å². The van der Waals surface area contributed by atoms with E-state index in [4.69, 9.17) is 10.4 Å². The van der Waals surface area contributed by atoms with Gasteiger partial charge in [0.1, 0.15) is 16.8 Å². The molecule has 2 aromatic rings. The number of benzene rings is 1. The molecular weight excluding hydrogens is 272 g/mol. The summed E-state index contributed by atoms with van der Waals surface area (Å²) in [4.78, 5) is 14.9. The second-order valence-corrected chi connectivity index (χ2v) is 5.21. The lowest BCUT2D eigenvalue weighted by Gasteiger charge is -2.05. The van der Waals surface area contributed by atoms with Crippen LogP contribution in [0.2, 0.25) is 0 Å². The first-order chi connectivity index (χ1) is 9.60. The monoisotopic (exact) mass is 284 g/mol. The van der Waals surface area contributed by atoms with Gasteiger partial charge in [0, 0.05) is 5.75 Å². The molecule has 0 saturated heterocycles. The molecule has 2 rings (SSSR count). The van der Waals surface area contributed by atoms with Crippen LogP contribution in [-0.4, -0.2) is 16.1 Å². The largest absolute Gasteiger partial charge is 0.477 e. The maximum Gasteiger partial charge on any atom is 0.354 e. The Bertz CT molecular complexity index is 693. The minimum absolute atomic E-state index is 0.0456. The molecule has 1 heterocycles. The number of nitrogens with zero attached hydrogens (tertiary/aromatic N) is 2. The number of aromatic nitrogens is 1. The summed E-state index contributed by atoms with van der Waals surface area (Å²) in [6.45, 7) is 2.01. The molecular formula is C15H12N2O2S. The standard InChI is InChI=1S/C15H12N2O2S/c1-10-3-2-4-11(7-10)9-20-14-12(8-16)5-6-13(17-14)15(18)19/h2-7H,9H2,1H3,(H,18,19). The van der Waals surface area contributed by atoms with Gasteiger partial charge in [0.2, 0.25) is 0 Å². The number of carboxylic acids is 1. The first-order valence-electron chi connectivity index (χ1n) is 5.93. The number of rotatable bonds is 4. The van der Waals surface area contributed by atoms with Crippen molar-refractivity contribution in [2.24, 2.45) is 0 Å². The molecule has 0 bridgehead atoms. The van der Waals surface area contributed by atoms with E-state index >= 15 is 0 Å². The molecule has 0 aliphatic carbocycles. The van der Waals surface area contributed by atoms with Crippen LogP contribution in [0.4, 0.5) is 0 Å². The van der Waals surface area contributed by atoms with Gasteiger partial charge in [0.05, 0.1) is 5.56 Å². The lowest BCUT2D eigenvalue weighted by atomic mass is 10.2. The molecule has 0 spiro atoms. The van der Waals surface area contributed by atoms with Crippen LogP contribution < -0.4 is 0 Å². The number of aryl methyl sites for hydroxylation is 1. The molecule has 0 atom stereocenters. The fourth-order valence-corrected chi connectivity index (χ4v) is 2.62. The normalized spacial score (nSPS) is 10.0. The van der Waals surface area contributed by atoms with Gasteiger partial charge < -0.3 is 5.11 Å². The third kappa shape index (κ3) is 3.37. The summed E-state index contributed by atoms with van der Waals surface area (Å²) in [5.74, 6) is -0.446. The number of hydrogen-bond acceptors (Lipinski definition) is 4. The highest BCUT2D eigenvalue weighted by Gasteiger charge is 2.11. The van der Waals surface area contributed by atoms with Gasteiger partial charge in [-0.1, -0.05) is 29.8 Å². The van der Waals surface area contributed by atoms with Gasteiger partial charge in [-0.25, -0.2) is 9.78 Å². The first-order valence-corrected chi connectivity index (χ1v) is 6.91. The maximum atomic E-state index is 10.9. The van der Waals surface area contributed by atoms with Crippen molar-refractivity contribution in [3.63, 3.8) is 0 Å². The van der Waals surface area contributed by atoms with Crippen LogP contribution in [0.3, 0.4) is 0 Å². The summed E-state index contributed by atoms with van der Waals surface area (Å²) < 4.78 is 0. The Morgan fingerprint density at radius 1 is 1.40 bits per heavy atom. The zero-order chi connectivity index (χ0) is 14.5. The Kier molecular flexibility index (Phi) is 4.38. The van der Waals surface area contributed by atoms with Crippen molar-refractivity contribution >= 4 is 17.7 Å². The van der Waals surface area contributed by atoms with Crippen molar-refractivity contribution in [2.45, 2.75) is 17.7 Å². The smallest absolute Gasteiger partial charge is 0.354 e. The second kappa shape index (κ2) is 6.22. The van der Waals surface area contributed by atoms with Gasteiger partial charge in [-0.05, 0) is 24.6 Å². The summed E-state index contributed by atoms with van der Waals surface area (Å²) in [7, 11) is 0. The van der Waals surface area contributed by atoms with Crippen molar-refractivity contribution in [1.82, 2.24) is 4.98 Å². The topological polar surface area (TPSA) is 74.0 Å². The van der Waals surface area contributed by atoms with E-state index in [2.05, 4.69) is 11.1 Å². The van der Waals surface area contributed by atoms with Crippen LogP contribution in [0.5, 0.6) is 0 Å². The van der Waals surface area contributed by atoms with Crippen LogP contribution in [-0.2, 0) is 5.75 Å². The molecule has 0 unspecified atom stereocenters. The minimum atomic E-state index is -1.09. The van der Waals surface area contributed by atoms with Crippen molar-refractivity contribution in [1.29, 1.82) is 5.26 Å². The van der Waals surface area contributed by atoms with E-state index in [1.165, 1.54) is 23.9 Å². The molecule has 0 fully saturated rings. The van der Waals surface area contributed by atoms with Gasteiger partial charge in [-0.3, -0.25) is 0 Å². The lowest BCUT2D eigenvalue weighted by Crippen LogP contribution is -2.02. The molecule has 0 aliphatic heterocycles. The molecule has 0 aliphatic rings. The molecule has 1 N–H and O–H groups in total. The molecule has 0 amide bonds. The van der Waals surface area contributed by atoms with Gasteiger partial charge >= 0.3 is 5.97 Å². The van der Waals surface area contributed by atoms with E-state index in [9.17, 15) is 4.79 Å². The molecule has 100 valence electrons. The predicted molar refractivity (Wildman–Crippen MR) is 76.7 cm³/mol. The average molecular weight is 284 g/mol. The maximum absolute atomic E-state index is 10.9. The number of carbonyl (C=O) groups is 1. The van der Waals surface area contributed by atoms with Crippen LogP contribution in [0.15, 0.2) is 41.4 Å². The fourth-order valence-electron chi connectivity index (χ4n) is 1.71. The molecule has 4 nitrogen and oxygen atoms in total. The van der Waals surface area contributed by atoms with Crippen molar-refractivity contribution in [3.05, 3.63) is 58.8 Å². The molecule has 0 saturated carbocycles. The van der Waals surface area contributed by atoms with Crippen LogP contribution in [0.25, 0.3) is 0 Å². The summed E-state index contributed by atoms with van der Waals surface area (Å²) >= 11 is 1.37. The molecule has 1 aromatic carbocycles. The summed E-state index contributed by atoms with van der Waals surface area (Å²) in [5, 5.41) is 18.4. The first kappa shape index (κ1) is 14.1. The van der Waals surface area contributed by atoms with Crippen molar-refractivity contribution < 1.29 is 9.90 Å². The van der Waals surface area contributed by atoms with E-state index in [-0.39, 0.29) is 5.69 Å². The number of hydrogen-bond donors (Lipinski definition) is 1. The van der Waals surface area contributed by atoms with Crippen molar-refractivity contribution in [2.75, 3.05) is 0 Å². The van der Waals surface area contributed by atoms with E-state index in [1.807, 2.05) is 31.2 Å². The number of nitriles is 1. The number of carboxylic acid groups (broad SMARTS) is 1. The Hall–Kier alpha value is -2.32. The third-order valence-corrected chi connectivity index (χ3v) is 3.72. The Balaban J connectivity index is 2.22. The van der Waals surface area contributed by atoms with E-state index in [1.54, 1.807) is 0 Å². The van der Waals surface area contributed by atoms with Gasteiger partial charge in [-0.2, -0.15) is 5.26 Å². The SMILES string of the molecule is Cc1cccc(CSc2nc(C(=O)O)ccc2C#N)c1. The molecule has 1 aromatic heterocycles. The zero-order valence-electron chi connectivity index (χ0n) is 10.8. The highest BCUT2D eigenvalue weighted by molar-refractivity contribution is 7.98. The molecule has 20 heavy (non-hydrogen) atoms. The molecule has 0 radical (unpaired) electrons. The highest BCUT2D eigenvalue weighted by Crippen LogP contribution is 2.25. The fraction of sp³-hybridized carbons (Fsp3) is 0.133. The molecule has 5 heteroatoms. The number of aromatic carboxylic acids is 1. The predicted octanol–water partition coefficient (Wildman–Crippen LogP) is 3.25. The van der Waals surface area contributed by atoms with E-state index in [0.29, 0.717) is 16.3 Å². The van der Waals surface area contributed by atoms with Crippen molar-refractivity contribution in [3.8, 4) is 6.07 Å². The average Bonchev–Trinajstić information content (AvgIpc) is 2.44. The van der Waals surface area contributed by atoms with Crippen LogP contribution >= 0.6 is 11.8 Å². The summed E-state index contributed by atoms with van der Waals surface area (Å²) in [6.07, 6.45) is 0. The van der Waals surface area contributed by atoms with Crippen LogP contribution in [0, 0.1) is 18.3 Å². The lowest BCUT2D eigenvalue weighted by molar-refractivity contribution is 0.0689. The van der Waals surface area contributed by atoms with E-state index in [0.717, 1.165) is 11.1 Å².